The highest BCUT2D eigenvalue weighted by molar-refractivity contribution is 5.92. The number of aromatic nitrogens is 1. The van der Waals surface area contributed by atoms with Gasteiger partial charge in [-0.15, -0.1) is 0 Å². The lowest BCUT2D eigenvalue weighted by Gasteiger charge is -2.26. The summed E-state index contributed by atoms with van der Waals surface area (Å²) in [7, 11) is 1.57. The molecule has 2 aromatic rings. The summed E-state index contributed by atoms with van der Waals surface area (Å²) in [6, 6.07) is 6.94. The SMILES string of the molecule is COc1ccc(C)cc1CC(=O)NC1CCCc2[nH]c(=O)c(C(N)=O)cc21. The number of nitrogens with one attached hydrogen (secondary N) is 2. The number of hydrogen-bond donors (Lipinski definition) is 3. The van der Waals surface area contributed by atoms with Crippen molar-refractivity contribution in [2.24, 2.45) is 5.73 Å². The first-order valence-corrected chi connectivity index (χ1v) is 8.88. The van der Waals surface area contributed by atoms with Crippen molar-refractivity contribution in [3.05, 3.63) is 62.6 Å². The van der Waals surface area contributed by atoms with Crippen LogP contribution in [0.25, 0.3) is 0 Å². The lowest BCUT2D eigenvalue weighted by Crippen LogP contribution is -2.34. The number of rotatable bonds is 5. The number of pyridine rings is 1. The Balaban J connectivity index is 1.82. The second-order valence-corrected chi connectivity index (χ2v) is 6.81. The van der Waals surface area contributed by atoms with E-state index in [1.54, 1.807) is 7.11 Å². The van der Waals surface area contributed by atoms with E-state index in [2.05, 4.69) is 10.3 Å². The molecule has 1 heterocycles. The van der Waals surface area contributed by atoms with Gasteiger partial charge in [0, 0.05) is 11.3 Å². The van der Waals surface area contributed by atoms with E-state index in [9.17, 15) is 14.4 Å². The Bertz CT molecular complexity index is 949. The zero-order valence-electron chi connectivity index (χ0n) is 15.4. The summed E-state index contributed by atoms with van der Waals surface area (Å²) >= 11 is 0. The van der Waals surface area contributed by atoms with Crippen LogP contribution in [0.5, 0.6) is 5.75 Å². The highest BCUT2D eigenvalue weighted by Gasteiger charge is 2.25. The van der Waals surface area contributed by atoms with E-state index in [1.807, 2.05) is 25.1 Å². The molecule has 3 rings (SSSR count). The fraction of sp³-hybridized carbons (Fsp3) is 0.350. The average molecular weight is 369 g/mol. The van der Waals surface area contributed by atoms with E-state index < -0.39 is 11.5 Å². The molecule has 1 aromatic carbocycles. The van der Waals surface area contributed by atoms with E-state index in [-0.39, 0.29) is 23.9 Å². The Hall–Kier alpha value is -3.09. The maximum Gasteiger partial charge on any atom is 0.261 e. The van der Waals surface area contributed by atoms with Gasteiger partial charge in [0.05, 0.1) is 19.6 Å². The summed E-state index contributed by atoms with van der Waals surface area (Å²) in [6.07, 6.45) is 2.44. The number of primary amides is 1. The third-order valence-electron chi connectivity index (χ3n) is 4.84. The standard InChI is InChI=1S/C20H23N3O4/c1-11-6-7-17(27-2)12(8-11)9-18(24)22-15-4-3-5-16-13(15)10-14(19(21)25)20(26)23-16/h6-8,10,15H,3-5,9H2,1-2H3,(H2,21,25)(H,22,24)(H,23,26). The maximum atomic E-state index is 12.6. The number of hydrogen-bond acceptors (Lipinski definition) is 4. The van der Waals surface area contributed by atoms with E-state index in [0.29, 0.717) is 12.2 Å². The molecular weight excluding hydrogens is 346 g/mol. The second kappa shape index (κ2) is 7.65. The molecule has 1 unspecified atom stereocenters. The average Bonchev–Trinajstić information content (AvgIpc) is 2.61. The summed E-state index contributed by atoms with van der Waals surface area (Å²) in [6.45, 7) is 1.96. The molecule has 0 spiro atoms. The Morgan fingerprint density at radius 2 is 2.11 bits per heavy atom. The zero-order valence-corrected chi connectivity index (χ0v) is 15.4. The van der Waals surface area contributed by atoms with Crippen molar-refractivity contribution >= 4 is 11.8 Å². The van der Waals surface area contributed by atoms with Gasteiger partial charge in [-0.25, -0.2) is 0 Å². The molecule has 0 radical (unpaired) electrons. The summed E-state index contributed by atoms with van der Waals surface area (Å²) in [4.78, 5) is 38.8. The lowest BCUT2D eigenvalue weighted by molar-refractivity contribution is -0.121. The van der Waals surface area contributed by atoms with Crippen molar-refractivity contribution < 1.29 is 14.3 Å². The van der Waals surface area contributed by atoms with E-state index in [0.717, 1.165) is 35.2 Å². The number of methoxy groups -OCH3 is 1. The molecule has 142 valence electrons. The summed E-state index contributed by atoms with van der Waals surface area (Å²) in [5, 5.41) is 3.01. The van der Waals surface area contributed by atoms with Gasteiger partial charge in [-0.3, -0.25) is 14.4 Å². The van der Waals surface area contributed by atoms with Gasteiger partial charge in [0.25, 0.3) is 11.5 Å². The Kier molecular flexibility index (Phi) is 5.30. The van der Waals surface area contributed by atoms with Crippen molar-refractivity contribution in [3.63, 3.8) is 0 Å². The van der Waals surface area contributed by atoms with Gasteiger partial charge in [-0.05, 0) is 43.9 Å². The number of carbonyl (C=O) groups is 2. The molecule has 1 aliphatic carbocycles. The molecule has 0 aliphatic heterocycles. The molecule has 0 saturated carbocycles. The van der Waals surface area contributed by atoms with Crippen LogP contribution >= 0.6 is 0 Å². The largest absolute Gasteiger partial charge is 0.496 e. The van der Waals surface area contributed by atoms with Crippen LogP contribution in [-0.4, -0.2) is 23.9 Å². The van der Waals surface area contributed by atoms with Crippen molar-refractivity contribution in [1.29, 1.82) is 0 Å². The van der Waals surface area contributed by atoms with Crippen LogP contribution in [0.2, 0.25) is 0 Å². The number of ether oxygens (including phenoxy) is 1. The third-order valence-corrected chi connectivity index (χ3v) is 4.84. The van der Waals surface area contributed by atoms with Crippen LogP contribution in [-0.2, 0) is 17.6 Å². The van der Waals surface area contributed by atoms with Crippen molar-refractivity contribution in [3.8, 4) is 5.75 Å². The topological polar surface area (TPSA) is 114 Å². The number of nitrogens with two attached hydrogens (primary N) is 1. The van der Waals surface area contributed by atoms with Gasteiger partial charge in [0.15, 0.2) is 0 Å². The van der Waals surface area contributed by atoms with Gasteiger partial charge in [-0.2, -0.15) is 0 Å². The number of aryl methyl sites for hydroxylation is 2. The van der Waals surface area contributed by atoms with Crippen LogP contribution in [0, 0.1) is 6.92 Å². The molecular formula is C20H23N3O4. The summed E-state index contributed by atoms with van der Waals surface area (Å²) in [5.74, 6) is -0.261. The molecule has 7 heteroatoms. The van der Waals surface area contributed by atoms with Crippen molar-refractivity contribution in [2.45, 2.75) is 38.6 Å². The molecule has 1 aliphatic rings. The predicted octanol–water partition coefficient (Wildman–Crippen LogP) is 1.53. The first-order chi connectivity index (χ1) is 12.9. The first-order valence-electron chi connectivity index (χ1n) is 8.88. The van der Waals surface area contributed by atoms with E-state index in [4.69, 9.17) is 10.5 Å². The van der Waals surface area contributed by atoms with Crippen molar-refractivity contribution in [2.75, 3.05) is 7.11 Å². The predicted molar refractivity (Wildman–Crippen MR) is 101 cm³/mol. The first kappa shape index (κ1) is 18.7. The quantitative estimate of drug-likeness (QED) is 0.741. The van der Waals surface area contributed by atoms with Gasteiger partial charge in [0.1, 0.15) is 11.3 Å². The Morgan fingerprint density at radius 1 is 1.33 bits per heavy atom. The number of fused-ring (bicyclic) bond motifs is 1. The molecule has 0 bridgehead atoms. The highest BCUT2D eigenvalue weighted by Crippen LogP contribution is 2.28. The number of H-pyrrole nitrogens is 1. The molecule has 1 aromatic heterocycles. The molecule has 1 atom stereocenters. The van der Waals surface area contributed by atoms with Crippen LogP contribution in [0.3, 0.4) is 0 Å². The number of aromatic amines is 1. The fourth-order valence-corrected chi connectivity index (χ4v) is 3.54. The fourth-order valence-electron chi connectivity index (χ4n) is 3.54. The van der Waals surface area contributed by atoms with Crippen molar-refractivity contribution in [1.82, 2.24) is 10.3 Å². The van der Waals surface area contributed by atoms with Crippen LogP contribution < -0.4 is 21.3 Å². The van der Waals surface area contributed by atoms with Gasteiger partial charge < -0.3 is 20.8 Å². The molecule has 0 fully saturated rings. The Morgan fingerprint density at radius 3 is 2.81 bits per heavy atom. The molecule has 4 N–H and O–H groups in total. The minimum Gasteiger partial charge on any atom is -0.496 e. The van der Waals surface area contributed by atoms with Crippen LogP contribution in [0.1, 0.15) is 51.6 Å². The number of amides is 2. The normalized spacial score (nSPS) is 15.7. The van der Waals surface area contributed by atoms with Gasteiger partial charge in [0.2, 0.25) is 5.91 Å². The molecule has 7 nitrogen and oxygen atoms in total. The van der Waals surface area contributed by atoms with Gasteiger partial charge >= 0.3 is 0 Å². The smallest absolute Gasteiger partial charge is 0.261 e. The molecule has 0 saturated heterocycles. The second-order valence-electron chi connectivity index (χ2n) is 6.81. The highest BCUT2D eigenvalue weighted by atomic mass is 16.5. The minimum atomic E-state index is -0.779. The summed E-state index contributed by atoms with van der Waals surface area (Å²) < 4.78 is 5.33. The third kappa shape index (κ3) is 4.02. The van der Waals surface area contributed by atoms with E-state index >= 15 is 0 Å². The monoisotopic (exact) mass is 369 g/mol. The molecule has 27 heavy (non-hydrogen) atoms. The maximum absolute atomic E-state index is 12.6. The van der Waals surface area contributed by atoms with Crippen LogP contribution in [0.15, 0.2) is 29.1 Å². The number of benzene rings is 1. The Labute approximate surface area is 156 Å². The van der Waals surface area contributed by atoms with Crippen LogP contribution in [0.4, 0.5) is 0 Å². The zero-order chi connectivity index (χ0) is 19.6. The minimum absolute atomic E-state index is 0.0877. The lowest BCUT2D eigenvalue weighted by atomic mass is 9.90. The number of carbonyl (C=O) groups excluding carboxylic acids is 2. The van der Waals surface area contributed by atoms with Gasteiger partial charge in [-0.1, -0.05) is 17.7 Å². The van der Waals surface area contributed by atoms with E-state index in [1.165, 1.54) is 6.07 Å². The summed E-state index contributed by atoms with van der Waals surface area (Å²) in [5.41, 5.74) is 8.06. The molecule has 2 amide bonds.